The van der Waals surface area contributed by atoms with E-state index in [0.717, 1.165) is 18.9 Å². The van der Waals surface area contributed by atoms with Gasteiger partial charge in [0.25, 0.3) is 5.91 Å². The monoisotopic (exact) mass is 581 g/mol. The second-order valence-corrected chi connectivity index (χ2v) is 10.5. The molecule has 13 heteroatoms. The molecule has 6 rings (SSSR count). The quantitative estimate of drug-likeness (QED) is 0.404. The fourth-order valence-corrected chi connectivity index (χ4v) is 5.68. The van der Waals surface area contributed by atoms with Gasteiger partial charge in [-0.15, -0.1) is 0 Å². The maximum Gasteiger partial charge on any atom is 0.341 e. The molecule has 3 aliphatic rings. The summed E-state index contributed by atoms with van der Waals surface area (Å²) in [6.07, 6.45) is 2.95. The number of methoxy groups -OCH3 is 1. The third kappa shape index (κ3) is 4.63. The zero-order chi connectivity index (χ0) is 29.7. The number of carboxylic acids is 1. The zero-order valence-corrected chi connectivity index (χ0v) is 23.1. The second kappa shape index (κ2) is 10.7. The van der Waals surface area contributed by atoms with Gasteiger partial charge in [-0.1, -0.05) is 5.16 Å². The van der Waals surface area contributed by atoms with E-state index in [1.807, 2.05) is 9.80 Å². The van der Waals surface area contributed by atoms with Gasteiger partial charge in [0.2, 0.25) is 5.43 Å². The summed E-state index contributed by atoms with van der Waals surface area (Å²) in [4.78, 5) is 48.4. The van der Waals surface area contributed by atoms with Crippen LogP contribution in [0.2, 0.25) is 0 Å². The van der Waals surface area contributed by atoms with Gasteiger partial charge in [-0.3, -0.25) is 19.4 Å². The molecule has 1 N–H and O–H groups in total. The number of fused-ring (bicyclic) bond motifs is 2. The Morgan fingerprint density at radius 3 is 2.50 bits per heavy atom. The van der Waals surface area contributed by atoms with Crippen molar-refractivity contribution in [1.82, 2.24) is 9.47 Å². The van der Waals surface area contributed by atoms with Crippen LogP contribution in [0, 0.1) is 11.6 Å². The number of rotatable bonds is 8. The molecule has 0 bridgehead atoms. The number of anilines is 2. The number of nitrogens with zero attached hydrogens (tertiary/aromatic N) is 5. The lowest BCUT2D eigenvalue weighted by atomic mass is 10.1. The van der Waals surface area contributed by atoms with E-state index in [4.69, 9.17) is 9.57 Å². The van der Waals surface area contributed by atoms with E-state index >= 15 is 4.39 Å². The Morgan fingerprint density at radius 1 is 1.12 bits per heavy atom. The van der Waals surface area contributed by atoms with Gasteiger partial charge in [-0.2, -0.15) is 0 Å². The van der Waals surface area contributed by atoms with E-state index < -0.39 is 34.5 Å². The van der Waals surface area contributed by atoms with Gasteiger partial charge in [0.15, 0.2) is 17.3 Å². The van der Waals surface area contributed by atoms with E-state index in [0.29, 0.717) is 42.9 Å². The minimum absolute atomic E-state index is 0.000709. The average Bonchev–Trinajstić information content (AvgIpc) is 3.78. The Morgan fingerprint density at radius 2 is 1.86 bits per heavy atom. The van der Waals surface area contributed by atoms with Gasteiger partial charge in [0.05, 0.1) is 30.4 Å². The summed E-state index contributed by atoms with van der Waals surface area (Å²) in [5, 5.41) is 13.4. The minimum Gasteiger partial charge on any atom is -0.492 e. The number of pyridine rings is 1. The predicted molar refractivity (Wildman–Crippen MR) is 151 cm³/mol. The topological polar surface area (TPSA) is 117 Å². The molecule has 2 aromatic carbocycles. The number of halogens is 2. The molecule has 1 amide bonds. The lowest BCUT2D eigenvalue weighted by Gasteiger charge is -2.38. The molecule has 11 nitrogen and oxygen atoms in total. The molecule has 0 atom stereocenters. The molecule has 2 fully saturated rings. The Bertz CT molecular complexity index is 1690. The minimum atomic E-state index is -1.36. The van der Waals surface area contributed by atoms with Crippen LogP contribution in [0.4, 0.5) is 20.2 Å². The number of amides is 1. The summed E-state index contributed by atoms with van der Waals surface area (Å²) >= 11 is 0. The van der Waals surface area contributed by atoms with Crippen molar-refractivity contribution < 1.29 is 33.1 Å². The van der Waals surface area contributed by atoms with Crippen LogP contribution in [0.3, 0.4) is 0 Å². The summed E-state index contributed by atoms with van der Waals surface area (Å²) in [6, 6.07) is 5.19. The highest BCUT2D eigenvalue weighted by Crippen LogP contribution is 2.44. The van der Waals surface area contributed by atoms with Crippen LogP contribution >= 0.6 is 0 Å². The number of piperazine rings is 1. The number of hydrogen-bond donors (Lipinski definition) is 1. The van der Waals surface area contributed by atoms with Crippen molar-refractivity contribution in [2.45, 2.75) is 25.8 Å². The highest BCUT2D eigenvalue weighted by atomic mass is 19.1. The molecule has 1 aromatic heterocycles. The van der Waals surface area contributed by atoms with E-state index in [2.05, 4.69) is 5.16 Å². The number of benzene rings is 2. The van der Waals surface area contributed by atoms with Crippen LogP contribution in [-0.4, -0.2) is 78.7 Å². The fraction of sp³-hybridized carbons (Fsp3) is 0.379. The van der Waals surface area contributed by atoms with Gasteiger partial charge in [-0.05, 0) is 44.0 Å². The predicted octanol–water partition coefficient (Wildman–Crippen LogP) is 3.19. The second-order valence-electron chi connectivity index (χ2n) is 10.5. The molecule has 0 spiro atoms. The molecular weight excluding hydrogens is 552 g/mol. The largest absolute Gasteiger partial charge is 0.492 e. The van der Waals surface area contributed by atoms with Crippen molar-refractivity contribution in [2.75, 3.05) is 56.4 Å². The summed E-state index contributed by atoms with van der Waals surface area (Å²) in [6.45, 7) is 3.91. The Kier molecular flexibility index (Phi) is 7.05. The number of carboxylic acid groups (broad SMARTS) is 1. The van der Waals surface area contributed by atoms with Gasteiger partial charge in [-0.25, -0.2) is 13.6 Å². The van der Waals surface area contributed by atoms with Gasteiger partial charge in [0.1, 0.15) is 23.7 Å². The zero-order valence-electron chi connectivity index (χ0n) is 23.1. The first-order valence-electron chi connectivity index (χ1n) is 13.7. The van der Waals surface area contributed by atoms with E-state index in [9.17, 15) is 23.9 Å². The van der Waals surface area contributed by atoms with Crippen LogP contribution < -0.4 is 20.0 Å². The van der Waals surface area contributed by atoms with Crippen molar-refractivity contribution >= 4 is 39.9 Å². The normalized spacial score (nSPS) is 18.2. The lowest BCUT2D eigenvalue weighted by Crippen LogP contribution is -2.51. The molecule has 0 unspecified atom stereocenters. The fourth-order valence-electron chi connectivity index (χ4n) is 5.68. The number of carbonyl (C=O) groups is 2. The van der Waals surface area contributed by atoms with E-state index in [1.165, 1.54) is 36.4 Å². The highest BCUT2D eigenvalue weighted by molar-refractivity contribution is 6.54. The Hall–Kier alpha value is -4.52. The van der Waals surface area contributed by atoms with E-state index in [1.54, 1.807) is 11.5 Å². The Labute approximate surface area is 239 Å². The number of ether oxygens (including phenoxy) is 1. The summed E-state index contributed by atoms with van der Waals surface area (Å²) < 4.78 is 37.1. The smallest absolute Gasteiger partial charge is 0.341 e. The molecule has 1 aliphatic carbocycles. The van der Waals surface area contributed by atoms with Crippen LogP contribution in [0.25, 0.3) is 10.9 Å². The van der Waals surface area contributed by atoms with Gasteiger partial charge in [0, 0.05) is 44.0 Å². The van der Waals surface area contributed by atoms with Crippen molar-refractivity contribution in [1.29, 1.82) is 0 Å². The van der Waals surface area contributed by atoms with Crippen LogP contribution in [0.5, 0.6) is 5.75 Å². The molecule has 42 heavy (non-hydrogen) atoms. The number of carbonyl (C=O) groups excluding carboxylic acids is 1. The summed E-state index contributed by atoms with van der Waals surface area (Å²) in [5.41, 5.74) is 0.345. The molecule has 0 radical (unpaired) electrons. The number of aromatic nitrogens is 1. The number of hydrogen-bond acceptors (Lipinski definition) is 8. The van der Waals surface area contributed by atoms with Crippen LogP contribution in [0.1, 0.15) is 41.7 Å². The van der Waals surface area contributed by atoms with Crippen molar-refractivity contribution in [2.24, 2.45) is 5.16 Å². The third-order valence-corrected chi connectivity index (χ3v) is 7.84. The van der Waals surface area contributed by atoms with Gasteiger partial charge < -0.3 is 24.1 Å². The maximum atomic E-state index is 15.7. The van der Waals surface area contributed by atoms with Crippen molar-refractivity contribution in [3.05, 3.63) is 63.4 Å². The summed E-state index contributed by atoms with van der Waals surface area (Å²) in [5.74, 6) is -2.75. The first kappa shape index (κ1) is 27.6. The first-order valence-corrected chi connectivity index (χ1v) is 13.7. The number of aromatic carboxylic acids is 1. The molecule has 3 aromatic rings. The third-order valence-electron chi connectivity index (χ3n) is 7.84. The van der Waals surface area contributed by atoms with Crippen LogP contribution in [-0.2, 0) is 9.63 Å². The van der Waals surface area contributed by atoms with Crippen LogP contribution in [0.15, 0.2) is 40.4 Å². The molecule has 2 aliphatic heterocycles. The van der Waals surface area contributed by atoms with Gasteiger partial charge >= 0.3 is 5.97 Å². The van der Waals surface area contributed by atoms with E-state index in [-0.39, 0.29) is 41.9 Å². The lowest BCUT2D eigenvalue weighted by molar-refractivity contribution is -0.112. The van der Waals surface area contributed by atoms with Crippen molar-refractivity contribution in [3.8, 4) is 5.75 Å². The Balaban J connectivity index is 1.28. The SMILES string of the molecule is CCO/N=C1/C(=O)N(CN2CCN(c3c(F)cc4c(=O)c(C(=O)O)cn(C5CC5)c4c3OC)CC2)c2ccc(F)cc21. The average molecular weight is 582 g/mol. The highest BCUT2D eigenvalue weighted by Gasteiger charge is 2.37. The van der Waals surface area contributed by atoms with Crippen molar-refractivity contribution in [3.63, 3.8) is 0 Å². The molecule has 1 saturated heterocycles. The molecule has 220 valence electrons. The number of oxime groups is 1. The molecule has 1 saturated carbocycles. The standard InChI is InChI=1S/C29H29F2N5O6/c1-3-42-32-23-18-12-16(30)4-7-22(18)36(28(23)38)15-33-8-10-34(11-9-33)25-21(31)13-19-24(27(25)41-2)35(17-5-6-17)14-20(26(19)37)29(39)40/h4,7,12-14,17H,3,5-6,8-11,15H2,1-2H3,(H,39,40)/b32-23+. The maximum absolute atomic E-state index is 15.7. The summed E-state index contributed by atoms with van der Waals surface area (Å²) in [7, 11) is 1.40. The molecular formula is C29H29F2N5O6. The first-order chi connectivity index (χ1) is 20.2. The molecule has 3 heterocycles.